The van der Waals surface area contributed by atoms with E-state index in [0.717, 1.165) is 0 Å². The number of halogens is 2. The van der Waals surface area contributed by atoms with Crippen LogP contribution in [0.4, 0.5) is 4.39 Å². The highest BCUT2D eigenvalue weighted by atomic mass is 35.5. The zero-order valence-electron chi connectivity index (χ0n) is 20.9. The predicted octanol–water partition coefficient (Wildman–Crippen LogP) is 4.05. The second-order valence-electron chi connectivity index (χ2n) is 9.37. The van der Waals surface area contributed by atoms with Gasteiger partial charge in [-0.3, -0.25) is 9.59 Å². The Bertz CT molecular complexity index is 1210. The molecule has 4 rings (SSSR count). The molecule has 1 saturated heterocycles. The van der Waals surface area contributed by atoms with Crippen molar-refractivity contribution in [2.45, 2.75) is 44.4 Å². The molecule has 2 aromatic rings. The molecular weight excluding hydrogens is 493 g/mol. The molecule has 1 aromatic heterocycles. The molecule has 0 amide bonds. The number of carbonyl (C=O) groups is 2. The number of allylic oxidation sites excluding steroid dienone is 1. The normalized spacial score (nSPS) is 24.2. The Labute approximate surface area is 213 Å². The third-order valence-electron chi connectivity index (χ3n) is 7.04. The number of benzene rings is 1. The first kappa shape index (κ1) is 26.1. The lowest BCUT2D eigenvalue weighted by Crippen LogP contribution is -2.50. The Morgan fingerprint density at radius 1 is 1.25 bits per heavy atom. The number of aldehydes is 1. The Morgan fingerprint density at radius 3 is 2.56 bits per heavy atom. The molecule has 2 aliphatic rings. The van der Waals surface area contributed by atoms with Gasteiger partial charge in [0.25, 0.3) is 5.89 Å². The minimum Gasteiger partial charge on any atom is -0.496 e. The first-order valence-corrected chi connectivity index (χ1v) is 12.0. The molecule has 0 radical (unpaired) electrons. The van der Waals surface area contributed by atoms with Crippen molar-refractivity contribution in [3.05, 3.63) is 34.4 Å². The molecule has 0 saturated carbocycles. The van der Waals surface area contributed by atoms with Gasteiger partial charge < -0.3 is 23.5 Å². The van der Waals surface area contributed by atoms with Gasteiger partial charge in [0.05, 0.1) is 24.8 Å². The zero-order valence-corrected chi connectivity index (χ0v) is 21.6. The zero-order chi connectivity index (χ0) is 26.3. The lowest BCUT2D eigenvalue weighted by atomic mass is 9.79. The van der Waals surface area contributed by atoms with E-state index in [4.69, 9.17) is 30.2 Å². The fourth-order valence-electron chi connectivity index (χ4n) is 4.64. The van der Waals surface area contributed by atoms with E-state index in [-0.39, 0.29) is 58.9 Å². The number of piperidine rings is 1. The largest absolute Gasteiger partial charge is 0.496 e. The summed E-state index contributed by atoms with van der Waals surface area (Å²) >= 11 is 6.78. The summed E-state index contributed by atoms with van der Waals surface area (Å²) in [5.74, 6) is -0.276. The molecule has 9 nitrogen and oxygen atoms in total. The molecular formula is C25H29ClFN3O6. The van der Waals surface area contributed by atoms with Crippen LogP contribution in [-0.2, 0) is 20.0 Å². The number of hydrogen-bond donors (Lipinski definition) is 0. The van der Waals surface area contributed by atoms with Crippen molar-refractivity contribution in [2.24, 2.45) is 5.92 Å². The van der Waals surface area contributed by atoms with Gasteiger partial charge in [0.15, 0.2) is 23.5 Å². The number of ketones is 1. The maximum absolute atomic E-state index is 15.6. The van der Waals surface area contributed by atoms with Crippen molar-refractivity contribution < 1.29 is 32.6 Å². The molecule has 2 heterocycles. The minimum atomic E-state index is -1.73. The van der Waals surface area contributed by atoms with Crippen molar-refractivity contribution in [3.63, 3.8) is 0 Å². The summed E-state index contributed by atoms with van der Waals surface area (Å²) in [5.41, 5.74) is -2.57. The van der Waals surface area contributed by atoms with Gasteiger partial charge in [-0.2, -0.15) is 0 Å². The molecule has 1 aromatic carbocycles. The second-order valence-corrected chi connectivity index (χ2v) is 9.75. The van der Waals surface area contributed by atoms with Gasteiger partial charge in [0.1, 0.15) is 11.5 Å². The molecule has 194 valence electrons. The molecule has 11 heteroatoms. The average molecular weight is 522 g/mol. The second kappa shape index (κ2) is 9.82. The van der Waals surface area contributed by atoms with Crippen molar-refractivity contribution in [3.8, 4) is 23.0 Å². The summed E-state index contributed by atoms with van der Waals surface area (Å²) in [6.45, 7) is 4.56. The first-order chi connectivity index (χ1) is 17.1. The molecule has 0 unspecified atom stereocenters. The Kier molecular flexibility index (Phi) is 7.12. The molecule has 36 heavy (non-hydrogen) atoms. The fraction of sp³-hybridized carbons (Fsp3) is 0.520. The van der Waals surface area contributed by atoms with Crippen molar-refractivity contribution in [2.75, 3.05) is 34.4 Å². The van der Waals surface area contributed by atoms with Crippen LogP contribution in [0.3, 0.4) is 0 Å². The fourth-order valence-corrected chi connectivity index (χ4v) is 4.96. The number of aromatic nitrogens is 2. The van der Waals surface area contributed by atoms with E-state index in [9.17, 15) is 9.59 Å². The summed E-state index contributed by atoms with van der Waals surface area (Å²) < 4.78 is 38.5. The van der Waals surface area contributed by atoms with Crippen LogP contribution in [0.5, 0.6) is 11.5 Å². The van der Waals surface area contributed by atoms with Gasteiger partial charge in [-0.1, -0.05) is 18.5 Å². The summed E-state index contributed by atoms with van der Waals surface area (Å²) in [5, 5.41) is 8.11. The van der Waals surface area contributed by atoms with Crippen molar-refractivity contribution >= 4 is 23.7 Å². The van der Waals surface area contributed by atoms with Gasteiger partial charge in [-0.05, 0) is 20.0 Å². The first-order valence-electron chi connectivity index (χ1n) is 11.6. The minimum absolute atomic E-state index is 0.0105. The summed E-state index contributed by atoms with van der Waals surface area (Å²) in [6.07, 6.45) is 2.40. The number of likely N-dealkylation sites (tertiary alicyclic amines) is 1. The number of hydrogen-bond acceptors (Lipinski definition) is 9. The predicted molar refractivity (Wildman–Crippen MR) is 129 cm³/mol. The number of carbonyl (C=O) groups excluding carboxylic acids is 2. The van der Waals surface area contributed by atoms with Crippen LogP contribution in [0.1, 0.15) is 37.6 Å². The van der Waals surface area contributed by atoms with Crippen molar-refractivity contribution in [1.82, 2.24) is 15.1 Å². The number of ether oxygens (including phenoxy) is 3. The highest BCUT2D eigenvalue weighted by Gasteiger charge is 2.49. The van der Waals surface area contributed by atoms with E-state index in [2.05, 4.69) is 10.2 Å². The lowest BCUT2D eigenvalue weighted by Gasteiger charge is -2.38. The van der Waals surface area contributed by atoms with Crippen LogP contribution in [0, 0.1) is 12.8 Å². The van der Waals surface area contributed by atoms with Crippen LogP contribution in [0.15, 0.2) is 22.3 Å². The third kappa shape index (κ3) is 4.37. The molecule has 0 N–H and O–H groups in total. The molecule has 0 bridgehead atoms. The number of rotatable bonds is 7. The van der Waals surface area contributed by atoms with E-state index in [1.807, 2.05) is 11.9 Å². The SMILES string of the molecule is COC1=CC(=O)C[C@@H](C)[C@]1(C=O)Oc1c(C)c(OC)cc(-c2nnc(C3(F)CCN(C)CC3)o2)c1Cl. The monoisotopic (exact) mass is 521 g/mol. The van der Waals surface area contributed by atoms with Crippen LogP contribution >= 0.6 is 11.6 Å². The number of nitrogens with zero attached hydrogens (tertiary/aromatic N) is 3. The van der Waals surface area contributed by atoms with Crippen molar-refractivity contribution in [1.29, 1.82) is 0 Å². The van der Waals surface area contributed by atoms with E-state index in [1.54, 1.807) is 19.9 Å². The maximum Gasteiger partial charge on any atom is 0.254 e. The van der Waals surface area contributed by atoms with Crippen LogP contribution in [-0.4, -0.2) is 67.1 Å². The van der Waals surface area contributed by atoms with E-state index in [1.165, 1.54) is 20.3 Å². The topological polar surface area (TPSA) is 104 Å². The smallest absolute Gasteiger partial charge is 0.254 e. The molecule has 2 atom stereocenters. The van der Waals surface area contributed by atoms with Gasteiger partial charge in [-0.25, -0.2) is 4.39 Å². The maximum atomic E-state index is 15.6. The highest BCUT2D eigenvalue weighted by Crippen LogP contribution is 2.47. The Hall–Kier alpha value is -2.98. The van der Waals surface area contributed by atoms with E-state index in [0.29, 0.717) is 30.7 Å². The lowest BCUT2D eigenvalue weighted by molar-refractivity contribution is -0.130. The van der Waals surface area contributed by atoms with E-state index < -0.39 is 17.2 Å². The molecule has 1 fully saturated rings. The summed E-state index contributed by atoms with van der Waals surface area (Å²) in [7, 11) is 4.76. The summed E-state index contributed by atoms with van der Waals surface area (Å²) in [6, 6.07) is 1.59. The van der Waals surface area contributed by atoms with Gasteiger partial charge in [-0.15, -0.1) is 10.2 Å². The van der Waals surface area contributed by atoms with Gasteiger partial charge in [0.2, 0.25) is 11.5 Å². The Balaban J connectivity index is 1.79. The van der Waals surface area contributed by atoms with Crippen LogP contribution in [0.2, 0.25) is 5.02 Å². The van der Waals surface area contributed by atoms with Crippen LogP contribution < -0.4 is 9.47 Å². The van der Waals surface area contributed by atoms with Gasteiger partial charge >= 0.3 is 0 Å². The van der Waals surface area contributed by atoms with E-state index >= 15 is 4.39 Å². The quantitative estimate of drug-likeness (QED) is 0.499. The number of methoxy groups -OCH3 is 2. The third-order valence-corrected chi connectivity index (χ3v) is 7.42. The molecule has 0 spiro atoms. The standard InChI is InChI=1S/C25H29ClFN3O6/c1-14-10-16(32)11-19(34-5)25(14,13-31)36-21-15(2)18(33-4)12-17(20(21)26)22-28-29-23(35-22)24(27)6-8-30(3)9-7-24/h11-14H,6-10H2,1-5H3/t14-,25+/m1/s1. The highest BCUT2D eigenvalue weighted by molar-refractivity contribution is 6.35. The molecule has 1 aliphatic heterocycles. The summed E-state index contributed by atoms with van der Waals surface area (Å²) in [4.78, 5) is 26.6. The molecule has 1 aliphatic carbocycles. The average Bonchev–Trinajstić information content (AvgIpc) is 3.36. The van der Waals surface area contributed by atoms with Gasteiger partial charge in [0, 0.05) is 49.9 Å². The number of alkyl halides is 1. The Morgan fingerprint density at radius 2 is 1.94 bits per heavy atom. The van der Waals surface area contributed by atoms with Crippen LogP contribution in [0.25, 0.3) is 11.5 Å².